The molecule has 1 heterocycles. The number of aromatic nitrogens is 1. The van der Waals surface area contributed by atoms with Gasteiger partial charge in [0, 0.05) is 13.2 Å². The number of benzene rings is 1. The molecule has 0 spiro atoms. The highest BCUT2D eigenvalue weighted by Gasteiger charge is 2.09. The van der Waals surface area contributed by atoms with E-state index < -0.39 is 0 Å². The van der Waals surface area contributed by atoms with E-state index in [1.807, 2.05) is 36.4 Å². The topological polar surface area (TPSA) is 66.0 Å². The quantitative estimate of drug-likeness (QED) is 0.904. The molecule has 0 aliphatic rings. The van der Waals surface area contributed by atoms with Crippen LogP contribution in [0, 0.1) is 11.3 Å². The zero-order valence-electron chi connectivity index (χ0n) is 10.4. The molecule has 96 valence electrons. The van der Waals surface area contributed by atoms with Crippen LogP contribution < -0.4 is 5.56 Å². The number of nitrogens with zero attached hydrogens (tertiary/aromatic N) is 2. The van der Waals surface area contributed by atoms with E-state index in [2.05, 4.69) is 0 Å². The molecule has 2 aromatic rings. The highest BCUT2D eigenvalue weighted by atomic mass is 16.3. The molecule has 4 nitrogen and oxygen atoms in total. The molecule has 0 aliphatic heterocycles. The van der Waals surface area contributed by atoms with Crippen LogP contribution in [0.4, 0.5) is 0 Å². The minimum absolute atomic E-state index is 0.0114. The summed E-state index contributed by atoms with van der Waals surface area (Å²) < 4.78 is 1.55. The SMILES string of the molecule is N#Cc1ccc(-c2ccccc2)n(CCCO)c1=O. The summed E-state index contributed by atoms with van der Waals surface area (Å²) in [6.45, 7) is 0.409. The maximum Gasteiger partial charge on any atom is 0.268 e. The van der Waals surface area contributed by atoms with Gasteiger partial charge in [-0.05, 0) is 24.1 Å². The molecule has 0 aliphatic carbocycles. The molecule has 19 heavy (non-hydrogen) atoms. The standard InChI is InChI=1S/C15H14N2O2/c16-11-13-7-8-14(12-5-2-1-3-6-12)17(15(13)19)9-4-10-18/h1-3,5-8,18H,4,9-10H2. The third-order valence-electron chi connectivity index (χ3n) is 2.90. The Morgan fingerprint density at radius 2 is 1.89 bits per heavy atom. The number of nitriles is 1. The fraction of sp³-hybridized carbons (Fsp3) is 0.200. The average Bonchev–Trinajstić information content (AvgIpc) is 2.46. The Kier molecular flexibility index (Phi) is 4.11. The molecule has 1 N–H and O–H groups in total. The van der Waals surface area contributed by atoms with Crippen LogP contribution in [0.25, 0.3) is 11.3 Å². The molecule has 0 unspecified atom stereocenters. The highest BCUT2D eigenvalue weighted by molar-refractivity contribution is 5.60. The molecule has 0 saturated carbocycles. The zero-order chi connectivity index (χ0) is 13.7. The normalized spacial score (nSPS) is 10.1. The number of hydrogen-bond acceptors (Lipinski definition) is 3. The van der Waals surface area contributed by atoms with E-state index in [0.29, 0.717) is 13.0 Å². The molecule has 0 amide bonds. The maximum absolute atomic E-state index is 12.2. The molecule has 0 saturated heterocycles. The maximum atomic E-state index is 12.2. The van der Waals surface area contributed by atoms with E-state index in [1.54, 1.807) is 16.7 Å². The van der Waals surface area contributed by atoms with Gasteiger partial charge in [-0.25, -0.2) is 0 Å². The van der Waals surface area contributed by atoms with Crippen LogP contribution in [0.5, 0.6) is 0 Å². The van der Waals surface area contributed by atoms with Crippen molar-refractivity contribution in [3.8, 4) is 17.3 Å². The van der Waals surface area contributed by atoms with E-state index in [0.717, 1.165) is 11.3 Å². The lowest BCUT2D eigenvalue weighted by Gasteiger charge is -2.12. The van der Waals surface area contributed by atoms with Gasteiger partial charge >= 0.3 is 0 Å². The second-order valence-corrected chi connectivity index (χ2v) is 4.14. The van der Waals surface area contributed by atoms with Crippen LogP contribution in [0.2, 0.25) is 0 Å². The van der Waals surface area contributed by atoms with Crippen LogP contribution in [0.1, 0.15) is 12.0 Å². The van der Waals surface area contributed by atoms with Gasteiger partial charge < -0.3 is 9.67 Å². The first kappa shape index (κ1) is 13.1. The number of aliphatic hydroxyl groups excluding tert-OH is 1. The van der Waals surface area contributed by atoms with Gasteiger partial charge in [0.2, 0.25) is 0 Å². The zero-order valence-corrected chi connectivity index (χ0v) is 10.4. The van der Waals surface area contributed by atoms with Gasteiger partial charge in [-0.15, -0.1) is 0 Å². The van der Waals surface area contributed by atoms with E-state index in [1.165, 1.54) is 0 Å². The Morgan fingerprint density at radius 3 is 2.53 bits per heavy atom. The second kappa shape index (κ2) is 5.98. The summed E-state index contributed by atoms with van der Waals surface area (Å²) in [6.07, 6.45) is 0.481. The monoisotopic (exact) mass is 254 g/mol. The summed E-state index contributed by atoms with van der Waals surface area (Å²) >= 11 is 0. The van der Waals surface area contributed by atoms with Gasteiger partial charge in [0.15, 0.2) is 0 Å². The lowest BCUT2D eigenvalue weighted by atomic mass is 10.1. The Balaban J connectivity index is 2.58. The number of rotatable bonds is 4. The van der Waals surface area contributed by atoms with Crippen molar-refractivity contribution in [2.24, 2.45) is 0 Å². The van der Waals surface area contributed by atoms with Crippen molar-refractivity contribution in [1.82, 2.24) is 4.57 Å². The minimum Gasteiger partial charge on any atom is -0.396 e. The summed E-state index contributed by atoms with van der Waals surface area (Å²) in [5.41, 5.74) is 1.50. The van der Waals surface area contributed by atoms with E-state index in [-0.39, 0.29) is 17.7 Å². The van der Waals surface area contributed by atoms with E-state index in [4.69, 9.17) is 10.4 Å². The predicted molar refractivity (Wildman–Crippen MR) is 72.6 cm³/mol. The highest BCUT2D eigenvalue weighted by Crippen LogP contribution is 2.18. The largest absolute Gasteiger partial charge is 0.396 e. The van der Waals surface area contributed by atoms with Crippen molar-refractivity contribution in [3.63, 3.8) is 0 Å². The Hall–Kier alpha value is -2.38. The van der Waals surface area contributed by atoms with Crippen LogP contribution in [0.3, 0.4) is 0 Å². The molecule has 4 heteroatoms. The fourth-order valence-electron chi connectivity index (χ4n) is 1.98. The van der Waals surface area contributed by atoms with Gasteiger partial charge in [0.1, 0.15) is 11.6 Å². The summed E-state index contributed by atoms with van der Waals surface area (Å²) in [5.74, 6) is 0. The Bertz CT molecular complexity index is 654. The first-order chi connectivity index (χ1) is 9.27. The summed E-state index contributed by atoms with van der Waals surface area (Å²) in [7, 11) is 0. The third kappa shape index (κ3) is 2.72. The molecule has 1 aromatic carbocycles. The van der Waals surface area contributed by atoms with Crippen molar-refractivity contribution < 1.29 is 5.11 Å². The van der Waals surface area contributed by atoms with Crippen molar-refractivity contribution in [3.05, 3.63) is 58.4 Å². The summed E-state index contributed by atoms with van der Waals surface area (Å²) in [5, 5.41) is 17.8. The van der Waals surface area contributed by atoms with Gasteiger partial charge in [0.25, 0.3) is 5.56 Å². The third-order valence-corrected chi connectivity index (χ3v) is 2.90. The molecular formula is C15H14N2O2. The summed E-state index contributed by atoms with van der Waals surface area (Å²) in [6, 6.07) is 14.7. The van der Waals surface area contributed by atoms with E-state index in [9.17, 15) is 4.79 Å². The first-order valence-electron chi connectivity index (χ1n) is 6.08. The van der Waals surface area contributed by atoms with Crippen LogP contribution >= 0.6 is 0 Å². The molecule has 0 bridgehead atoms. The van der Waals surface area contributed by atoms with Gasteiger partial charge in [-0.2, -0.15) is 5.26 Å². The number of pyridine rings is 1. The number of hydrogen-bond donors (Lipinski definition) is 1. The van der Waals surface area contributed by atoms with Gasteiger partial charge in [-0.1, -0.05) is 30.3 Å². The van der Waals surface area contributed by atoms with Crippen LogP contribution in [-0.4, -0.2) is 16.3 Å². The van der Waals surface area contributed by atoms with Crippen molar-refractivity contribution >= 4 is 0 Å². The first-order valence-corrected chi connectivity index (χ1v) is 6.08. The Morgan fingerprint density at radius 1 is 1.16 bits per heavy atom. The second-order valence-electron chi connectivity index (χ2n) is 4.14. The molecule has 2 rings (SSSR count). The van der Waals surface area contributed by atoms with Crippen molar-refractivity contribution in [1.29, 1.82) is 5.26 Å². The Labute approximate surface area is 111 Å². The van der Waals surface area contributed by atoms with E-state index >= 15 is 0 Å². The average molecular weight is 254 g/mol. The van der Waals surface area contributed by atoms with Crippen LogP contribution in [0.15, 0.2) is 47.3 Å². The lowest BCUT2D eigenvalue weighted by Crippen LogP contribution is -2.24. The number of aliphatic hydroxyl groups is 1. The molecule has 0 radical (unpaired) electrons. The summed E-state index contributed by atoms with van der Waals surface area (Å²) in [4.78, 5) is 12.2. The van der Waals surface area contributed by atoms with Crippen molar-refractivity contribution in [2.75, 3.05) is 6.61 Å². The van der Waals surface area contributed by atoms with Crippen LogP contribution in [-0.2, 0) is 6.54 Å². The molecule has 1 aromatic heterocycles. The predicted octanol–water partition coefficient (Wildman–Crippen LogP) is 1.77. The molecule has 0 atom stereocenters. The molecular weight excluding hydrogens is 240 g/mol. The minimum atomic E-state index is -0.308. The smallest absolute Gasteiger partial charge is 0.268 e. The van der Waals surface area contributed by atoms with Gasteiger partial charge in [0.05, 0.1) is 5.69 Å². The van der Waals surface area contributed by atoms with Crippen molar-refractivity contribution in [2.45, 2.75) is 13.0 Å². The lowest BCUT2D eigenvalue weighted by molar-refractivity contribution is 0.279. The van der Waals surface area contributed by atoms with Gasteiger partial charge in [-0.3, -0.25) is 4.79 Å². The fourth-order valence-corrected chi connectivity index (χ4v) is 1.98. The molecule has 0 fully saturated rings.